The predicted octanol–water partition coefficient (Wildman–Crippen LogP) is 4.68. The fourth-order valence-electron chi connectivity index (χ4n) is 5.04. The summed E-state index contributed by atoms with van der Waals surface area (Å²) in [5.74, 6) is -1.01. The van der Waals surface area contributed by atoms with Crippen molar-refractivity contribution in [3.05, 3.63) is 95.8 Å². The quantitative estimate of drug-likeness (QED) is 0.265. The first-order valence-corrected chi connectivity index (χ1v) is 14.9. The number of carbonyl (C=O) groups is 1. The minimum atomic E-state index is -4.21. The van der Waals surface area contributed by atoms with Crippen LogP contribution in [0.25, 0.3) is 22.2 Å². The molecular weight excluding hydrogens is 545 g/mol. The fourth-order valence-corrected chi connectivity index (χ4v) is 6.12. The van der Waals surface area contributed by atoms with E-state index >= 15 is 0 Å². The molecule has 0 unspecified atom stereocenters. The minimum absolute atomic E-state index is 0.0346. The van der Waals surface area contributed by atoms with Gasteiger partial charge in [0.15, 0.2) is 5.65 Å². The summed E-state index contributed by atoms with van der Waals surface area (Å²) in [5, 5.41) is 2.93. The van der Waals surface area contributed by atoms with Crippen LogP contribution in [0.2, 0.25) is 0 Å². The zero-order valence-electron chi connectivity index (χ0n) is 22.1. The van der Waals surface area contributed by atoms with Gasteiger partial charge in [0.1, 0.15) is 22.7 Å². The molecule has 0 bridgehead atoms. The topological polar surface area (TPSA) is 115 Å². The number of sulfonamides is 1. The van der Waals surface area contributed by atoms with E-state index in [1.54, 1.807) is 10.6 Å². The Morgan fingerprint density at radius 2 is 1.68 bits per heavy atom. The van der Waals surface area contributed by atoms with Gasteiger partial charge in [-0.3, -0.25) is 9.52 Å². The van der Waals surface area contributed by atoms with E-state index in [4.69, 9.17) is 14.7 Å². The van der Waals surface area contributed by atoms with Crippen molar-refractivity contribution in [3.63, 3.8) is 0 Å². The second kappa shape index (κ2) is 11.3. The molecule has 1 aliphatic heterocycles. The standard InChI is InChI=1S/C30H28FN5O4S/c31-21-12-14-23(15-13-21)41(38,39)35-28-26(30(37)32-17-16-20-7-2-1-3-8-20)27-29(36(28)19-22-9-6-18-40-22)34-25-11-5-4-10-24(25)33-27/h1-5,7-8,10-15,22,35H,6,9,16-19H2,(H,32,37)/t22-/m1/s1. The summed E-state index contributed by atoms with van der Waals surface area (Å²) >= 11 is 0. The van der Waals surface area contributed by atoms with Gasteiger partial charge < -0.3 is 14.6 Å². The minimum Gasteiger partial charge on any atom is -0.376 e. The van der Waals surface area contributed by atoms with E-state index in [-0.39, 0.29) is 34.4 Å². The Kier molecular flexibility index (Phi) is 7.38. The summed E-state index contributed by atoms with van der Waals surface area (Å²) in [7, 11) is -4.21. The molecule has 5 aromatic rings. The molecule has 1 aliphatic rings. The predicted molar refractivity (Wildman–Crippen MR) is 154 cm³/mol. The number of carbonyl (C=O) groups excluding carboxylic acids is 1. The van der Waals surface area contributed by atoms with Crippen LogP contribution in [-0.2, 0) is 27.7 Å². The molecule has 1 amide bonds. The van der Waals surface area contributed by atoms with E-state index < -0.39 is 21.7 Å². The van der Waals surface area contributed by atoms with Crippen LogP contribution < -0.4 is 10.0 Å². The summed E-state index contributed by atoms with van der Waals surface area (Å²) in [4.78, 5) is 23.2. The Morgan fingerprint density at radius 1 is 0.976 bits per heavy atom. The van der Waals surface area contributed by atoms with Gasteiger partial charge >= 0.3 is 0 Å². The zero-order valence-corrected chi connectivity index (χ0v) is 22.9. The molecule has 41 heavy (non-hydrogen) atoms. The molecule has 0 spiro atoms. The number of aromatic nitrogens is 3. The second-order valence-electron chi connectivity index (χ2n) is 9.90. The number of anilines is 1. The van der Waals surface area contributed by atoms with Gasteiger partial charge in [-0.05, 0) is 61.2 Å². The van der Waals surface area contributed by atoms with Gasteiger partial charge in [-0.2, -0.15) is 0 Å². The average molecular weight is 574 g/mol. The van der Waals surface area contributed by atoms with Crippen LogP contribution in [0.1, 0.15) is 28.8 Å². The fraction of sp³-hybridized carbons (Fsp3) is 0.233. The number of fused-ring (bicyclic) bond motifs is 2. The summed E-state index contributed by atoms with van der Waals surface area (Å²) < 4.78 is 50.8. The number of para-hydroxylation sites is 2. The number of ether oxygens (including phenoxy) is 1. The molecule has 0 saturated carbocycles. The maximum atomic E-state index is 13.8. The summed E-state index contributed by atoms with van der Waals surface area (Å²) in [6.07, 6.45) is 2.06. The Labute approximate surface area is 236 Å². The van der Waals surface area contributed by atoms with Crippen molar-refractivity contribution in [2.45, 2.75) is 36.8 Å². The molecule has 3 heterocycles. The van der Waals surface area contributed by atoms with Crippen molar-refractivity contribution in [1.82, 2.24) is 19.9 Å². The maximum Gasteiger partial charge on any atom is 0.263 e. The Hall–Kier alpha value is -4.35. The van der Waals surface area contributed by atoms with E-state index in [1.807, 2.05) is 48.5 Å². The molecule has 2 N–H and O–H groups in total. The van der Waals surface area contributed by atoms with Crippen LogP contribution >= 0.6 is 0 Å². The molecule has 0 aliphatic carbocycles. The summed E-state index contributed by atoms with van der Waals surface area (Å²) in [5.41, 5.74) is 2.93. The molecule has 11 heteroatoms. The smallest absolute Gasteiger partial charge is 0.263 e. The molecule has 1 fully saturated rings. The third-order valence-corrected chi connectivity index (χ3v) is 8.44. The first-order chi connectivity index (χ1) is 19.9. The normalized spacial score (nSPS) is 15.4. The molecule has 210 valence electrons. The monoisotopic (exact) mass is 573 g/mol. The highest BCUT2D eigenvalue weighted by Crippen LogP contribution is 2.33. The second-order valence-corrected chi connectivity index (χ2v) is 11.6. The number of benzene rings is 3. The number of rotatable bonds is 9. The molecule has 2 aromatic heterocycles. The number of hydrogen-bond donors (Lipinski definition) is 2. The largest absolute Gasteiger partial charge is 0.376 e. The molecule has 3 aromatic carbocycles. The van der Waals surface area contributed by atoms with Crippen molar-refractivity contribution in [2.24, 2.45) is 0 Å². The lowest BCUT2D eigenvalue weighted by atomic mass is 10.1. The molecule has 1 atom stereocenters. The molecule has 1 saturated heterocycles. The average Bonchev–Trinajstić information content (AvgIpc) is 3.59. The SMILES string of the molecule is O=C(NCCc1ccccc1)c1c(NS(=O)(=O)c2ccc(F)cc2)n(C[C@H]2CCCO2)c2nc3ccccc3nc12. The van der Waals surface area contributed by atoms with Crippen LogP contribution in [-0.4, -0.2) is 48.1 Å². The van der Waals surface area contributed by atoms with Crippen molar-refractivity contribution in [2.75, 3.05) is 17.9 Å². The van der Waals surface area contributed by atoms with E-state index in [2.05, 4.69) is 10.0 Å². The lowest BCUT2D eigenvalue weighted by Gasteiger charge is -2.17. The van der Waals surface area contributed by atoms with Gasteiger partial charge in [0, 0.05) is 13.2 Å². The number of hydrogen-bond acceptors (Lipinski definition) is 6. The van der Waals surface area contributed by atoms with Gasteiger partial charge in [-0.15, -0.1) is 0 Å². The van der Waals surface area contributed by atoms with Gasteiger partial charge in [0.2, 0.25) is 0 Å². The van der Waals surface area contributed by atoms with E-state index in [0.29, 0.717) is 36.3 Å². The van der Waals surface area contributed by atoms with E-state index in [9.17, 15) is 17.6 Å². The van der Waals surface area contributed by atoms with Gasteiger partial charge in [0.25, 0.3) is 15.9 Å². The van der Waals surface area contributed by atoms with Crippen LogP contribution in [0.4, 0.5) is 10.2 Å². The van der Waals surface area contributed by atoms with Crippen LogP contribution in [0.15, 0.2) is 83.8 Å². The number of nitrogens with one attached hydrogen (secondary N) is 2. The van der Waals surface area contributed by atoms with Gasteiger partial charge in [0.05, 0.1) is 28.6 Å². The number of halogens is 1. The van der Waals surface area contributed by atoms with E-state index in [0.717, 1.165) is 30.5 Å². The lowest BCUT2D eigenvalue weighted by Crippen LogP contribution is -2.28. The highest BCUT2D eigenvalue weighted by molar-refractivity contribution is 7.92. The zero-order chi connectivity index (χ0) is 28.4. The highest BCUT2D eigenvalue weighted by Gasteiger charge is 2.31. The maximum absolute atomic E-state index is 13.8. The Morgan fingerprint density at radius 3 is 2.39 bits per heavy atom. The summed E-state index contributed by atoms with van der Waals surface area (Å²) in [6.45, 7) is 1.19. The van der Waals surface area contributed by atoms with Crippen LogP contribution in [0, 0.1) is 5.82 Å². The highest BCUT2D eigenvalue weighted by atomic mass is 32.2. The van der Waals surface area contributed by atoms with E-state index in [1.165, 1.54) is 12.1 Å². The lowest BCUT2D eigenvalue weighted by molar-refractivity contribution is 0.0949. The van der Waals surface area contributed by atoms with Crippen molar-refractivity contribution in [3.8, 4) is 0 Å². The first-order valence-electron chi connectivity index (χ1n) is 13.4. The van der Waals surface area contributed by atoms with Crippen LogP contribution in [0.5, 0.6) is 0 Å². The van der Waals surface area contributed by atoms with Crippen LogP contribution in [0.3, 0.4) is 0 Å². The first kappa shape index (κ1) is 26.9. The van der Waals surface area contributed by atoms with Gasteiger partial charge in [-0.25, -0.2) is 22.8 Å². The number of amides is 1. The molecule has 9 nitrogen and oxygen atoms in total. The number of nitrogens with zero attached hydrogens (tertiary/aromatic N) is 3. The van der Waals surface area contributed by atoms with Gasteiger partial charge in [-0.1, -0.05) is 42.5 Å². The molecule has 0 radical (unpaired) electrons. The Balaban J connectivity index is 1.48. The van der Waals surface area contributed by atoms with Crippen molar-refractivity contribution in [1.29, 1.82) is 0 Å². The molecule has 6 rings (SSSR count). The van der Waals surface area contributed by atoms with Crippen molar-refractivity contribution < 1.29 is 22.3 Å². The third-order valence-electron chi connectivity index (χ3n) is 7.09. The summed E-state index contributed by atoms with van der Waals surface area (Å²) in [6, 6.07) is 21.5. The third kappa shape index (κ3) is 5.63. The van der Waals surface area contributed by atoms with Crippen molar-refractivity contribution >= 4 is 43.9 Å². The Bertz CT molecular complexity index is 1820. The molecular formula is C30H28FN5O4S.